The monoisotopic (exact) mass is 424 g/mol. The van der Waals surface area contributed by atoms with Crippen LogP contribution < -0.4 is 5.32 Å². The number of aryl methyl sites for hydroxylation is 1. The molecule has 0 saturated carbocycles. The second-order valence-electron chi connectivity index (χ2n) is 8.73. The van der Waals surface area contributed by atoms with Crippen LogP contribution in [0.4, 0.5) is 4.79 Å². The largest absolute Gasteiger partial charge is 0.444 e. The number of likely N-dealkylation sites (tertiary alicyclic amines) is 1. The molecule has 0 spiro atoms. The topological polar surface area (TPSA) is 76.5 Å². The molecule has 1 fully saturated rings. The summed E-state index contributed by atoms with van der Waals surface area (Å²) in [6.07, 6.45) is 4.19. The predicted octanol–water partition coefficient (Wildman–Crippen LogP) is 3.80. The molecule has 1 aromatic rings. The molecule has 7 nitrogen and oxygen atoms in total. The van der Waals surface area contributed by atoms with Crippen LogP contribution in [0.3, 0.4) is 0 Å². The van der Waals surface area contributed by atoms with Crippen molar-refractivity contribution in [3.8, 4) is 0 Å². The number of piperidine rings is 1. The summed E-state index contributed by atoms with van der Waals surface area (Å²) < 4.78 is 7.21. The van der Waals surface area contributed by atoms with Crippen molar-refractivity contribution >= 4 is 23.8 Å². The number of aromatic nitrogens is 2. The third kappa shape index (κ3) is 7.24. The van der Waals surface area contributed by atoms with Gasteiger partial charge in [-0.15, -0.1) is 0 Å². The van der Waals surface area contributed by atoms with E-state index in [-0.39, 0.29) is 24.0 Å². The highest BCUT2D eigenvalue weighted by atomic mass is 32.2. The molecule has 0 aliphatic carbocycles. The van der Waals surface area contributed by atoms with Gasteiger partial charge < -0.3 is 15.0 Å². The number of ether oxygens (including phenoxy) is 1. The molecule has 0 unspecified atom stereocenters. The van der Waals surface area contributed by atoms with Gasteiger partial charge in [-0.2, -0.15) is 16.9 Å². The molecular formula is C21H36N4O3S. The van der Waals surface area contributed by atoms with Gasteiger partial charge in [-0.05, 0) is 58.5 Å². The minimum absolute atomic E-state index is 0.0316. The number of rotatable bonds is 7. The van der Waals surface area contributed by atoms with Crippen LogP contribution in [0.1, 0.15) is 75.9 Å². The molecule has 1 aliphatic heterocycles. The summed E-state index contributed by atoms with van der Waals surface area (Å²) in [5, 5.41) is 7.68. The molecule has 0 radical (unpaired) electrons. The Bertz CT molecular complexity index is 699. The number of amides is 2. The van der Waals surface area contributed by atoms with Gasteiger partial charge in [0.25, 0.3) is 5.91 Å². The Morgan fingerprint density at radius 2 is 2.14 bits per heavy atom. The molecule has 2 rings (SSSR count). The van der Waals surface area contributed by atoms with Crippen molar-refractivity contribution in [3.05, 3.63) is 17.5 Å². The molecule has 8 heteroatoms. The Labute approximate surface area is 178 Å². The van der Waals surface area contributed by atoms with E-state index >= 15 is 0 Å². The molecular weight excluding hydrogens is 388 g/mol. The summed E-state index contributed by atoms with van der Waals surface area (Å²) in [6, 6.07) is 0.110. The molecule has 2 heterocycles. The number of hydrogen-bond donors (Lipinski definition) is 1. The second-order valence-corrected chi connectivity index (χ2v) is 10.1. The highest BCUT2D eigenvalue weighted by Crippen LogP contribution is 2.29. The van der Waals surface area contributed by atoms with Crippen LogP contribution in [0.15, 0.2) is 6.20 Å². The van der Waals surface area contributed by atoms with Gasteiger partial charge in [-0.25, -0.2) is 4.79 Å². The maximum Gasteiger partial charge on any atom is 0.410 e. The lowest BCUT2D eigenvalue weighted by atomic mass is 9.92. The summed E-state index contributed by atoms with van der Waals surface area (Å²) in [7, 11) is 1.83. The van der Waals surface area contributed by atoms with Crippen molar-refractivity contribution in [2.24, 2.45) is 7.05 Å². The maximum absolute atomic E-state index is 12.9. The third-order valence-corrected chi connectivity index (χ3v) is 5.77. The predicted molar refractivity (Wildman–Crippen MR) is 118 cm³/mol. The molecule has 1 N–H and O–H groups in total. The number of hydrogen-bond acceptors (Lipinski definition) is 5. The van der Waals surface area contributed by atoms with E-state index in [0.717, 1.165) is 36.5 Å². The van der Waals surface area contributed by atoms with Gasteiger partial charge in [0, 0.05) is 38.3 Å². The minimum Gasteiger partial charge on any atom is -0.444 e. The molecule has 0 bridgehead atoms. The first kappa shape index (κ1) is 23.6. The van der Waals surface area contributed by atoms with E-state index < -0.39 is 5.60 Å². The van der Waals surface area contributed by atoms with E-state index in [1.54, 1.807) is 15.8 Å². The molecule has 164 valence electrons. The van der Waals surface area contributed by atoms with Gasteiger partial charge in [-0.3, -0.25) is 9.48 Å². The lowest BCUT2D eigenvalue weighted by Crippen LogP contribution is -2.42. The number of carbonyl (C=O) groups is 2. The first-order valence-electron chi connectivity index (χ1n) is 10.5. The third-order valence-electron chi connectivity index (χ3n) is 4.84. The number of nitrogens with zero attached hydrogens (tertiary/aromatic N) is 3. The molecule has 1 aliphatic rings. The average Bonchev–Trinajstić information content (AvgIpc) is 3.02. The first-order chi connectivity index (χ1) is 13.6. The van der Waals surface area contributed by atoms with Crippen LogP contribution >= 0.6 is 11.8 Å². The number of thioether (sulfide) groups is 1. The van der Waals surface area contributed by atoms with Crippen LogP contribution in [0.25, 0.3) is 0 Å². The Morgan fingerprint density at radius 3 is 2.79 bits per heavy atom. The van der Waals surface area contributed by atoms with Crippen molar-refractivity contribution in [1.29, 1.82) is 0 Å². The lowest BCUT2D eigenvalue weighted by Gasteiger charge is -2.33. The Morgan fingerprint density at radius 1 is 1.41 bits per heavy atom. The van der Waals surface area contributed by atoms with Gasteiger partial charge in [0.1, 0.15) is 5.60 Å². The second kappa shape index (κ2) is 10.4. The molecule has 1 aromatic heterocycles. The van der Waals surface area contributed by atoms with Gasteiger partial charge >= 0.3 is 6.09 Å². The number of carbonyl (C=O) groups excluding carboxylic acids is 2. The lowest BCUT2D eigenvalue weighted by molar-refractivity contribution is 0.0197. The summed E-state index contributed by atoms with van der Waals surface area (Å²) >= 11 is 1.88. The van der Waals surface area contributed by atoms with Crippen LogP contribution in [0.2, 0.25) is 0 Å². The highest BCUT2D eigenvalue weighted by Gasteiger charge is 2.32. The zero-order valence-corrected chi connectivity index (χ0v) is 19.5. The zero-order chi connectivity index (χ0) is 21.6. The highest BCUT2D eigenvalue weighted by molar-refractivity contribution is 7.99. The van der Waals surface area contributed by atoms with E-state index in [4.69, 9.17) is 4.74 Å². The fourth-order valence-corrected chi connectivity index (χ4v) is 4.26. The van der Waals surface area contributed by atoms with Gasteiger partial charge in [0.2, 0.25) is 0 Å². The van der Waals surface area contributed by atoms with Crippen molar-refractivity contribution in [1.82, 2.24) is 20.0 Å². The Kier molecular flexibility index (Phi) is 8.43. The Hall–Kier alpha value is -1.70. The van der Waals surface area contributed by atoms with E-state index in [9.17, 15) is 9.59 Å². The molecule has 2 amide bonds. The smallest absolute Gasteiger partial charge is 0.410 e. The summed E-state index contributed by atoms with van der Waals surface area (Å²) in [4.78, 5) is 27.1. The SMILES string of the molecule is CCSCC[C@H](C)NC(=O)c1cn(C)nc1[C@@H]1CCCN(C(=O)OC(C)(C)C)C1. The minimum atomic E-state index is -0.522. The summed E-state index contributed by atoms with van der Waals surface area (Å²) in [5.74, 6) is 2.06. The van der Waals surface area contributed by atoms with Crippen LogP contribution in [0, 0.1) is 0 Å². The molecule has 2 atom stereocenters. The van der Waals surface area contributed by atoms with Gasteiger partial charge in [-0.1, -0.05) is 6.92 Å². The van der Waals surface area contributed by atoms with Crippen molar-refractivity contribution < 1.29 is 14.3 Å². The molecule has 29 heavy (non-hydrogen) atoms. The van der Waals surface area contributed by atoms with E-state index in [0.29, 0.717) is 18.7 Å². The van der Waals surface area contributed by atoms with Gasteiger partial charge in [0.05, 0.1) is 11.3 Å². The fraction of sp³-hybridized carbons (Fsp3) is 0.762. The van der Waals surface area contributed by atoms with Crippen LogP contribution in [-0.2, 0) is 11.8 Å². The van der Waals surface area contributed by atoms with Crippen molar-refractivity contribution in [3.63, 3.8) is 0 Å². The van der Waals surface area contributed by atoms with E-state index in [2.05, 4.69) is 17.3 Å². The van der Waals surface area contributed by atoms with E-state index in [1.807, 2.05) is 46.5 Å². The summed E-state index contributed by atoms with van der Waals surface area (Å²) in [5.41, 5.74) is 0.860. The van der Waals surface area contributed by atoms with Gasteiger partial charge in [0.15, 0.2) is 0 Å². The van der Waals surface area contributed by atoms with E-state index in [1.165, 1.54) is 0 Å². The standard InChI is InChI=1S/C21H36N4O3S/c1-7-29-12-10-15(2)22-19(26)17-14-24(6)23-18(17)16-9-8-11-25(13-16)20(27)28-21(3,4)5/h14-16H,7-13H2,1-6H3,(H,22,26)/t15-,16+/m0/s1. The van der Waals surface area contributed by atoms with Crippen LogP contribution in [0.5, 0.6) is 0 Å². The number of nitrogens with one attached hydrogen (secondary N) is 1. The van der Waals surface area contributed by atoms with Crippen molar-refractivity contribution in [2.75, 3.05) is 24.6 Å². The van der Waals surface area contributed by atoms with Crippen molar-refractivity contribution in [2.45, 2.75) is 71.4 Å². The molecule has 1 saturated heterocycles. The molecule has 0 aromatic carbocycles. The fourth-order valence-electron chi connectivity index (χ4n) is 3.45. The summed E-state index contributed by atoms with van der Waals surface area (Å²) in [6.45, 7) is 11.0. The van der Waals surface area contributed by atoms with Crippen LogP contribution in [-0.4, -0.2) is 62.9 Å². The quantitative estimate of drug-likeness (QED) is 0.674. The normalized spacial score (nSPS) is 18.4. The first-order valence-corrected chi connectivity index (χ1v) is 11.7. The average molecular weight is 425 g/mol. The Balaban J connectivity index is 2.07. The zero-order valence-electron chi connectivity index (χ0n) is 18.7. The maximum atomic E-state index is 12.9.